The van der Waals surface area contributed by atoms with Crippen molar-refractivity contribution < 1.29 is 27.5 Å². The van der Waals surface area contributed by atoms with Crippen LogP contribution in [0.2, 0.25) is 0 Å². The number of nitrogens with one attached hydrogen (secondary N) is 2. The quantitative estimate of drug-likeness (QED) is 0.647. The first kappa shape index (κ1) is 21.2. The largest absolute Gasteiger partial charge is 0.486 e. The predicted molar refractivity (Wildman–Crippen MR) is 116 cm³/mol. The minimum atomic E-state index is -3.93. The first-order valence-corrected chi connectivity index (χ1v) is 12.8. The summed E-state index contributed by atoms with van der Waals surface area (Å²) in [6, 6.07) is 5.40. The van der Waals surface area contributed by atoms with Gasteiger partial charge in [0.2, 0.25) is 10.0 Å². The number of benzene rings is 1. The minimum Gasteiger partial charge on any atom is -0.486 e. The molecule has 11 heteroatoms. The van der Waals surface area contributed by atoms with Gasteiger partial charge in [-0.2, -0.15) is 4.31 Å². The van der Waals surface area contributed by atoms with E-state index in [0.717, 1.165) is 19.3 Å². The Kier molecular flexibility index (Phi) is 5.56. The Morgan fingerprint density at radius 1 is 1.03 bits per heavy atom. The van der Waals surface area contributed by atoms with Crippen LogP contribution in [0.5, 0.6) is 11.5 Å². The lowest BCUT2D eigenvalue weighted by Gasteiger charge is -2.24. The molecule has 0 bridgehead atoms. The lowest BCUT2D eigenvalue weighted by Crippen LogP contribution is -2.51. The number of rotatable bonds is 4. The molecule has 1 aromatic carbocycles. The SMILES string of the molecule is O=C(NNC(=O)[C@@H]1CCCN1S(=O)(=O)c1ccc2c(c1)OCCO2)c1cc2c(s1)CCC2. The van der Waals surface area contributed by atoms with Gasteiger partial charge in [0.1, 0.15) is 19.3 Å². The van der Waals surface area contributed by atoms with Crippen molar-refractivity contribution in [1.82, 2.24) is 15.2 Å². The third-order valence-corrected chi connectivity index (χ3v) is 9.04. The summed E-state index contributed by atoms with van der Waals surface area (Å²) in [4.78, 5) is 27.0. The summed E-state index contributed by atoms with van der Waals surface area (Å²) in [7, 11) is -3.93. The van der Waals surface area contributed by atoms with Crippen LogP contribution in [0, 0.1) is 0 Å². The van der Waals surface area contributed by atoms with Gasteiger partial charge in [-0.1, -0.05) is 0 Å². The second kappa shape index (κ2) is 8.38. The maximum absolute atomic E-state index is 13.2. The van der Waals surface area contributed by atoms with E-state index >= 15 is 0 Å². The molecule has 1 saturated heterocycles. The number of hydrazine groups is 1. The Hall–Kier alpha value is -2.63. The van der Waals surface area contributed by atoms with E-state index in [-0.39, 0.29) is 11.4 Å². The number of fused-ring (bicyclic) bond motifs is 2. The number of carbonyl (C=O) groups is 2. The predicted octanol–water partition coefficient (Wildman–Crippen LogP) is 1.62. The average molecular weight is 478 g/mol. The maximum Gasteiger partial charge on any atom is 0.279 e. The van der Waals surface area contributed by atoms with E-state index in [9.17, 15) is 18.0 Å². The molecule has 2 aliphatic heterocycles. The Morgan fingerprint density at radius 2 is 1.84 bits per heavy atom. The second-order valence-electron chi connectivity index (χ2n) is 7.94. The fourth-order valence-electron chi connectivity index (χ4n) is 4.31. The lowest BCUT2D eigenvalue weighted by atomic mass is 10.2. The topological polar surface area (TPSA) is 114 Å². The van der Waals surface area contributed by atoms with Crippen LogP contribution in [0.25, 0.3) is 0 Å². The van der Waals surface area contributed by atoms with Gasteiger partial charge < -0.3 is 9.47 Å². The standard InChI is InChI=1S/C21H23N3O6S2/c25-20(22-23-21(26)19-11-13-3-1-5-18(13)31-19)15-4-2-8-24(15)32(27,28)14-6-7-16-17(12-14)30-10-9-29-16/h6-7,11-12,15H,1-5,8-10H2,(H,22,25)(H,23,26)/t15-/m0/s1. The van der Waals surface area contributed by atoms with Crippen molar-refractivity contribution in [3.8, 4) is 11.5 Å². The molecule has 2 N–H and O–H groups in total. The summed E-state index contributed by atoms with van der Waals surface area (Å²) >= 11 is 1.44. The monoisotopic (exact) mass is 477 g/mol. The van der Waals surface area contributed by atoms with E-state index < -0.39 is 27.9 Å². The molecule has 0 radical (unpaired) electrons. The van der Waals surface area contributed by atoms with Crippen LogP contribution in [0.3, 0.4) is 0 Å². The zero-order chi connectivity index (χ0) is 22.3. The van der Waals surface area contributed by atoms with Gasteiger partial charge in [-0.05, 0) is 55.9 Å². The summed E-state index contributed by atoms with van der Waals surface area (Å²) < 4.78 is 38.6. The van der Waals surface area contributed by atoms with Gasteiger partial charge >= 0.3 is 0 Å². The summed E-state index contributed by atoms with van der Waals surface area (Å²) in [6.45, 7) is 0.978. The molecule has 9 nitrogen and oxygen atoms in total. The molecule has 0 unspecified atom stereocenters. The highest BCUT2D eigenvalue weighted by molar-refractivity contribution is 7.89. The van der Waals surface area contributed by atoms with Crippen molar-refractivity contribution in [2.75, 3.05) is 19.8 Å². The molecular weight excluding hydrogens is 454 g/mol. The fourth-order valence-corrected chi connectivity index (χ4v) is 7.13. The van der Waals surface area contributed by atoms with Crippen LogP contribution in [0.4, 0.5) is 0 Å². The number of ether oxygens (including phenoxy) is 2. The Balaban J connectivity index is 1.27. The molecule has 170 valence electrons. The average Bonchev–Trinajstić information content (AvgIpc) is 3.53. The van der Waals surface area contributed by atoms with Crippen molar-refractivity contribution in [3.05, 3.63) is 39.6 Å². The number of hydrogen-bond acceptors (Lipinski definition) is 7. The molecular formula is C21H23N3O6S2. The highest BCUT2D eigenvalue weighted by Gasteiger charge is 2.40. The molecule has 0 saturated carbocycles. The summed E-state index contributed by atoms with van der Waals surface area (Å²) in [5.41, 5.74) is 6.03. The molecule has 1 fully saturated rings. The summed E-state index contributed by atoms with van der Waals surface area (Å²) in [5.74, 6) is -0.0844. The van der Waals surface area contributed by atoms with Gasteiger partial charge in [-0.3, -0.25) is 20.4 Å². The molecule has 5 rings (SSSR count). The molecule has 1 aromatic heterocycles. The first-order valence-electron chi connectivity index (χ1n) is 10.6. The maximum atomic E-state index is 13.2. The third kappa shape index (κ3) is 3.84. The molecule has 1 atom stereocenters. The van der Waals surface area contributed by atoms with Crippen LogP contribution >= 0.6 is 11.3 Å². The highest BCUT2D eigenvalue weighted by atomic mass is 32.2. The van der Waals surface area contributed by atoms with E-state index in [1.807, 2.05) is 6.07 Å². The van der Waals surface area contributed by atoms with Gasteiger partial charge in [-0.25, -0.2) is 8.42 Å². The lowest BCUT2D eigenvalue weighted by molar-refractivity contribution is -0.125. The smallest absolute Gasteiger partial charge is 0.279 e. The van der Waals surface area contributed by atoms with Crippen LogP contribution < -0.4 is 20.3 Å². The van der Waals surface area contributed by atoms with Gasteiger partial charge in [-0.15, -0.1) is 11.3 Å². The number of aryl methyl sites for hydroxylation is 2. The van der Waals surface area contributed by atoms with E-state index in [0.29, 0.717) is 42.4 Å². The zero-order valence-electron chi connectivity index (χ0n) is 17.3. The van der Waals surface area contributed by atoms with E-state index in [1.54, 1.807) is 6.07 Å². The molecule has 3 heterocycles. The second-order valence-corrected chi connectivity index (χ2v) is 11.0. The Morgan fingerprint density at radius 3 is 2.66 bits per heavy atom. The number of sulfonamides is 1. The normalized spacial score (nSPS) is 20.1. The van der Waals surface area contributed by atoms with Crippen molar-refractivity contribution in [3.63, 3.8) is 0 Å². The highest BCUT2D eigenvalue weighted by Crippen LogP contribution is 2.35. The van der Waals surface area contributed by atoms with Crippen LogP contribution in [0.15, 0.2) is 29.2 Å². The number of thiophene rings is 1. The van der Waals surface area contributed by atoms with E-state index in [2.05, 4.69) is 10.9 Å². The van der Waals surface area contributed by atoms with Crippen molar-refractivity contribution >= 4 is 33.2 Å². The van der Waals surface area contributed by atoms with Crippen molar-refractivity contribution in [1.29, 1.82) is 0 Å². The third-order valence-electron chi connectivity index (χ3n) is 5.90. The Labute approximate surface area is 189 Å². The zero-order valence-corrected chi connectivity index (χ0v) is 18.9. The number of amides is 2. The minimum absolute atomic E-state index is 0.0404. The van der Waals surface area contributed by atoms with Crippen LogP contribution in [0.1, 0.15) is 39.4 Å². The summed E-state index contributed by atoms with van der Waals surface area (Å²) in [5, 5.41) is 0. The van der Waals surface area contributed by atoms with Crippen molar-refractivity contribution in [2.45, 2.75) is 43.0 Å². The van der Waals surface area contributed by atoms with Crippen LogP contribution in [-0.4, -0.2) is 50.3 Å². The van der Waals surface area contributed by atoms with Gasteiger partial charge in [0.05, 0.1) is 9.77 Å². The van der Waals surface area contributed by atoms with Gasteiger partial charge in [0.25, 0.3) is 11.8 Å². The van der Waals surface area contributed by atoms with Crippen LogP contribution in [-0.2, 0) is 27.7 Å². The number of hydrogen-bond donors (Lipinski definition) is 2. The molecule has 1 aliphatic carbocycles. The van der Waals surface area contributed by atoms with Crippen molar-refractivity contribution in [2.24, 2.45) is 0 Å². The van der Waals surface area contributed by atoms with Gasteiger partial charge in [0, 0.05) is 17.5 Å². The fraction of sp³-hybridized carbons (Fsp3) is 0.429. The molecule has 2 aromatic rings. The molecule has 0 spiro atoms. The van der Waals surface area contributed by atoms with E-state index in [4.69, 9.17) is 9.47 Å². The Bertz CT molecular complexity index is 1150. The van der Waals surface area contributed by atoms with E-state index in [1.165, 1.54) is 38.2 Å². The molecule has 32 heavy (non-hydrogen) atoms. The number of nitrogens with zero attached hydrogens (tertiary/aromatic N) is 1. The van der Waals surface area contributed by atoms with Gasteiger partial charge in [0.15, 0.2) is 11.5 Å². The summed E-state index contributed by atoms with van der Waals surface area (Å²) in [6.07, 6.45) is 3.98. The molecule has 2 amide bonds. The first-order chi connectivity index (χ1) is 15.4. The molecule has 3 aliphatic rings. The number of carbonyl (C=O) groups excluding carboxylic acids is 2.